The Hall–Kier alpha value is -8.77. The van der Waals surface area contributed by atoms with E-state index in [0.29, 0.717) is 17.6 Å². The molecule has 326 valence electrons. The van der Waals surface area contributed by atoms with Crippen LogP contribution in [0.5, 0.6) is 0 Å². The molecule has 0 aliphatic rings. The highest BCUT2D eigenvalue weighted by Gasteiger charge is 2.42. The molecule has 0 unspecified atom stereocenters. The fourth-order valence-electron chi connectivity index (χ4n) is 10.8. The Morgan fingerprint density at radius 2 is 0.638 bits per heavy atom. The summed E-state index contributed by atoms with van der Waals surface area (Å²) in [6, 6.07) is 100. The molecule has 0 N–H and O–H groups in total. The van der Waals surface area contributed by atoms with Crippen LogP contribution in [0.4, 0.5) is 0 Å². The molecule has 0 saturated heterocycles. The lowest BCUT2D eigenvalue weighted by Crippen LogP contribution is -2.74. The van der Waals surface area contributed by atoms with Gasteiger partial charge in [-0.1, -0.05) is 261 Å². The second-order valence-corrected chi connectivity index (χ2v) is 21.3. The topological polar surface area (TPSA) is 43.6 Å². The van der Waals surface area contributed by atoms with Crippen LogP contribution >= 0.6 is 0 Å². The minimum atomic E-state index is -2.88. The third-order valence-electron chi connectivity index (χ3n) is 13.8. The van der Waals surface area contributed by atoms with E-state index in [-0.39, 0.29) is 0 Å². The summed E-state index contributed by atoms with van der Waals surface area (Å²) >= 11 is 0. The summed E-state index contributed by atoms with van der Waals surface area (Å²) in [7, 11) is -2.88. The first-order chi connectivity index (χ1) is 34.2. The summed E-state index contributed by atoms with van der Waals surface area (Å²) in [5, 5.41) is 7.43. The van der Waals surface area contributed by atoms with Crippen molar-refractivity contribution < 1.29 is 0 Å². The molecular formula is C64H46N4Si. The lowest BCUT2D eigenvalue weighted by molar-refractivity contribution is 0.745. The molecule has 10 aromatic carbocycles. The maximum Gasteiger partial charge on any atom is 0.238 e. The van der Waals surface area contributed by atoms with Crippen LogP contribution in [0.15, 0.2) is 279 Å². The molecule has 69 heavy (non-hydrogen) atoms. The third kappa shape index (κ3) is 7.10. The van der Waals surface area contributed by atoms with Gasteiger partial charge in [0.15, 0.2) is 19.7 Å². The van der Waals surface area contributed by atoms with Crippen molar-refractivity contribution in [2.24, 2.45) is 0 Å². The number of para-hydroxylation sites is 2. The van der Waals surface area contributed by atoms with Crippen LogP contribution in [0.2, 0.25) is 0 Å². The van der Waals surface area contributed by atoms with E-state index in [1.165, 1.54) is 37.4 Å². The Labute approximate surface area is 403 Å². The number of rotatable bonds is 11. The van der Waals surface area contributed by atoms with Crippen LogP contribution in [0, 0.1) is 0 Å². The van der Waals surface area contributed by atoms with Crippen LogP contribution in [0.1, 0.15) is 22.3 Å². The zero-order chi connectivity index (χ0) is 46.0. The van der Waals surface area contributed by atoms with Crippen LogP contribution in [0.25, 0.3) is 50.5 Å². The molecule has 0 aliphatic carbocycles. The molecule has 0 spiro atoms. The molecule has 0 radical (unpaired) electrons. The van der Waals surface area contributed by atoms with Gasteiger partial charge in [-0.2, -0.15) is 9.97 Å². The first kappa shape index (κ1) is 41.6. The smallest absolute Gasteiger partial charge is 0.238 e. The Balaban J connectivity index is 1.13. The molecule has 2 heterocycles. The fraction of sp³-hybridized carbons (Fsp3) is 0.0156. The van der Waals surface area contributed by atoms with Gasteiger partial charge in [-0.3, -0.25) is 4.57 Å². The number of hydrogen-bond acceptors (Lipinski definition) is 3. The van der Waals surface area contributed by atoms with E-state index in [1.54, 1.807) is 0 Å². The highest BCUT2D eigenvalue weighted by atomic mass is 28.3. The third-order valence-corrected chi connectivity index (χ3v) is 18.5. The predicted molar refractivity (Wildman–Crippen MR) is 287 cm³/mol. The van der Waals surface area contributed by atoms with Crippen molar-refractivity contribution in [3.8, 4) is 28.7 Å². The van der Waals surface area contributed by atoms with Gasteiger partial charge in [-0.05, 0) is 61.2 Å². The predicted octanol–water partition coefficient (Wildman–Crippen LogP) is 12.1. The molecule has 12 rings (SSSR count). The second-order valence-electron chi connectivity index (χ2n) is 17.5. The fourth-order valence-corrected chi connectivity index (χ4v) is 15.6. The van der Waals surface area contributed by atoms with E-state index in [2.05, 4.69) is 284 Å². The minimum absolute atomic E-state index is 0.557. The number of aromatic nitrogens is 4. The summed E-state index contributed by atoms with van der Waals surface area (Å²) in [6.07, 6.45) is 0. The largest absolute Gasteiger partial charge is 0.278 e. The van der Waals surface area contributed by atoms with Crippen LogP contribution in [-0.4, -0.2) is 27.6 Å². The highest BCUT2D eigenvalue weighted by molar-refractivity contribution is 7.19. The lowest BCUT2D eigenvalue weighted by Gasteiger charge is -2.37. The van der Waals surface area contributed by atoms with Crippen molar-refractivity contribution >= 4 is 50.6 Å². The van der Waals surface area contributed by atoms with Crippen molar-refractivity contribution in [2.75, 3.05) is 0 Å². The molecule has 4 nitrogen and oxygen atoms in total. The maximum absolute atomic E-state index is 5.51. The standard InChI is InChI=1S/C64H46N4Si/c1-7-27-49(28-8-1)64(50-29-9-2-10-30-50,51-31-11-3-12-32-51)52-33-23-25-47(45-52)61-65-62(67-63(66-61)68-59-43-21-19-41-57(59)58-42-20-22-44-60(58)68)48-26-24-40-56(46-48)69(53-34-13-4-14-35-53,54-36-15-5-16-37-54)55-38-17-6-18-39-55/h1-46H. The Bertz CT molecular complexity index is 3280. The SMILES string of the molecule is c1ccc(C(c2ccccc2)(c2ccccc2)c2cccc(-c3nc(-c4cccc([Si](c5ccccc5)(c5ccccc5)c5ccccc5)c4)nc(-n4c5ccccc5c5ccccc54)n3)c2)cc1. The highest BCUT2D eigenvalue weighted by Crippen LogP contribution is 2.46. The van der Waals surface area contributed by atoms with Crippen LogP contribution in [-0.2, 0) is 5.41 Å². The lowest BCUT2D eigenvalue weighted by atomic mass is 9.65. The monoisotopic (exact) mass is 898 g/mol. The van der Waals surface area contributed by atoms with Gasteiger partial charge in [0.05, 0.1) is 16.4 Å². The molecule has 0 atom stereocenters. The van der Waals surface area contributed by atoms with Gasteiger partial charge in [0.25, 0.3) is 0 Å². The zero-order valence-electron chi connectivity index (χ0n) is 37.8. The van der Waals surface area contributed by atoms with E-state index in [4.69, 9.17) is 15.0 Å². The van der Waals surface area contributed by atoms with Gasteiger partial charge in [-0.15, -0.1) is 0 Å². The van der Waals surface area contributed by atoms with Gasteiger partial charge in [-0.25, -0.2) is 4.98 Å². The van der Waals surface area contributed by atoms with Crippen molar-refractivity contribution in [1.29, 1.82) is 0 Å². The van der Waals surface area contributed by atoms with Crippen molar-refractivity contribution in [1.82, 2.24) is 19.5 Å². The van der Waals surface area contributed by atoms with Crippen molar-refractivity contribution in [3.63, 3.8) is 0 Å². The first-order valence-corrected chi connectivity index (χ1v) is 25.5. The number of benzene rings is 10. The summed E-state index contributed by atoms with van der Waals surface area (Å²) in [5.74, 6) is 1.74. The van der Waals surface area contributed by atoms with Gasteiger partial charge in [0.2, 0.25) is 5.95 Å². The Morgan fingerprint density at radius 1 is 0.290 bits per heavy atom. The van der Waals surface area contributed by atoms with Gasteiger partial charge in [0.1, 0.15) is 0 Å². The van der Waals surface area contributed by atoms with E-state index in [1.807, 2.05) is 0 Å². The molecular weight excluding hydrogens is 853 g/mol. The molecule has 0 bridgehead atoms. The van der Waals surface area contributed by atoms with Crippen LogP contribution < -0.4 is 20.7 Å². The molecule has 5 heteroatoms. The summed E-state index contributed by atoms with van der Waals surface area (Å²) in [4.78, 5) is 16.5. The molecule has 0 saturated carbocycles. The minimum Gasteiger partial charge on any atom is -0.278 e. The van der Waals surface area contributed by atoms with Gasteiger partial charge in [0, 0.05) is 21.9 Å². The van der Waals surface area contributed by atoms with Crippen molar-refractivity contribution in [2.45, 2.75) is 5.41 Å². The van der Waals surface area contributed by atoms with Gasteiger partial charge >= 0.3 is 0 Å². The molecule has 0 aliphatic heterocycles. The quantitative estimate of drug-likeness (QED) is 0.0960. The van der Waals surface area contributed by atoms with E-state index >= 15 is 0 Å². The first-order valence-electron chi connectivity index (χ1n) is 23.5. The number of nitrogens with zero attached hydrogens (tertiary/aromatic N) is 4. The summed E-state index contributed by atoms with van der Waals surface area (Å²) < 4.78 is 2.20. The normalized spacial score (nSPS) is 11.8. The van der Waals surface area contributed by atoms with Gasteiger partial charge < -0.3 is 0 Å². The molecule has 0 amide bonds. The van der Waals surface area contributed by atoms with E-state index in [9.17, 15) is 0 Å². The number of fused-ring (bicyclic) bond motifs is 3. The molecule has 2 aromatic heterocycles. The maximum atomic E-state index is 5.51. The van der Waals surface area contributed by atoms with E-state index < -0.39 is 13.5 Å². The molecule has 0 fully saturated rings. The summed E-state index contributed by atoms with van der Waals surface area (Å²) in [6.45, 7) is 0. The van der Waals surface area contributed by atoms with Crippen LogP contribution in [0.3, 0.4) is 0 Å². The second kappa shape index (κ2) is 17.8. The average Bonchev–Trinajstić information content (AvgIpc) is 3.78. The molecule has 12 aromatic rings. The zero-order valence-corrected chi connectivity index (χ0v) is 38.8. The average molecular weight is 899 g/mol. The number of hydrogen-bond donors (Lipinski definition) is 0. The Kier molecular flexibility index (Phi) is 10.7. The summed E-state index contributed by atoms with van der Waals surface area (Å²) in [5.41, 5.74) is 7.83. The van der Waals surface area contributed by atoms with Crippen molar-refractivity contribution in [3.05, 3.63) is 301 Å². The Morgan fingerprint density at radius 3 is 1.09 bits per heavy atom. The van der Waals surface area contributed by atoms with E-state index in [0.717, 1.165) is 38.5 Å².